The lowest BCUT2D eigenvalue weighted by molar-refractivity contribution is 0.624. The molecule has 2 aromatic heterocycles. The first-order valence-corrected chi connectivity index (χ1v) is 4.72. The molecule has 3 nitrogen and oxygen atoms in total. The van der Waals surface area contributed by atoms with Gasteiger partial charge in [-0.15, -0.1) is 0 Å². The zero-order chi connectivity index (χ0) is 10.8. The van der Waals surface area contributed by atoms with Crippen LogP contribution < -0.4 is 0 Å². The van der Waals surface area contributed by atoms with Crippen LogP contribution in [0.25, 0.3) is 11.3 Å². The second-order valence-electron chi connectivity index (χ2n) is 2.70. The molecular formula is C9H4Cl2FN3. The van der Waals surface area contributed by atoms with Gasteiger partial charge in [0.05, 0.1) is 11.9 Å². The lowest BCUT2D eigenvalue weighted by Crippen LogP contribution is -1.91. The molecule has 0 aliphatic heterocycles. The van der Waals surface area contributed by atoms with Crippen LogP contribution in [0.3, 0.4) is 0 Å². The van der Waals surface area contributed by atoms with Crippen LogP contribution in [-0.2, 0) is 0 Å². The highest BCUT2D eigenvalue weighted by molar-refractivity contribution is 6.29. The Morgan fingerprint density at radius 1 is 1.20 bits per heavy atom. The van der Waals surface area contributed by atoms with Gasteiger partial charge in [-0.25, -0.2) is 19.3 Å². The fourth-order valence-electron chi connectivity index (χ4n) is 1.09. The molecule has 0 bridgehead atoms. The molecule has 15 heavy (non-hydrogen) atoms. The summed E-state index contributed by atoms with van der Waals surface area (Å²) in [7, 11) is 0. The van der Waals surface area contributed by atoms with Crippen LogP contribution in [0, 0.1) is 5.82 Å². The summed E-state index contributed by atoms with van der Waals surface area (Å²) in [5.41, 5.74) is 0.621. The van der Waals surface area contributed by atoms with Crippen molar-refractivity contribution in [1.29, 1.82) is 0 Å². The second kappa shape index (κ2) is 4.08. The van der Waals surface area contributed by atoms with Gasteiger partial charge >= 0.3 is 0 Å². The molecule has 0 aliphatic rings. The molecule has 0 spiro atoms. The van der Waals surface area contributed by atoms with Crippen LogP contribution in [0.1, 0.15) is 0 Å². The maximum atomic E-state index is 13.4. The molecule has 0 N–H and O–H groups in total. The van der Waals surface area contributed by atoms with E-state index in [2.05, 4.69) is 15.0 Å². The predicted octanol–water partition coefficient (Wildman–Crippen LogP) is 2.98. The van der Waals surface area contributed by atoms with E-state index >= 15 is 0 Å². The first-order valence-electron chi connectivity index (χ1n) is 3.97. The third kappa shape index (κ3) is 2.22. The second-order valence-corrected chi connectivity index (χ2v) is 3.42. The van der Waals surface area contributed by atoms with Gasteiger partial charge in [-0.3, -0.25) is 0 Å². The van der Waals surface area contributed by atoms with Crippen molar-refractivity contribution in [2.75, 3.05) is 0 Å². The Morgan fingerprint density at radius 3 is 2.73 bits per heavy atom. The van der Waals surface area contributed by atoms with Crippen LogP contribution in [0.5, 0.6) is 0 Å². The number of hydrogen-bond donors (Lipinski definition) is 0. The summed E-state index contributed by atoms with van der Waals surface area (Å²) in [6.45, 7) is 0. The molecular weight excluding hydrogens is 240 g/mol. The largest absolute Gasteiger partial charge is 0.241 e. The summed E-state index contributed by atoms with van der Waals surface area (Å²) in [4.78, 5) is 11.2. The van der Waals surface area contributed by atoms with Crippen molar-refractivity contribution >= 4 is 23.2 Å². The van der Waals surface area contributed by atoms with Crippen LogP contribution in [0.2, 0.25) is 10.4 Å². The third-order valence-electron chi connectivity index (χ3n) is 1.72. The number of halogens is 3. The predicted molar refractivity (Wildman–Crippen MR) is 55.2 cm³/mol. The molecule has 0 saturated carbocycles. The average molecular weight is 244 g/mol. The number of hydrogen-bond acceptors (Lipinski definition) is 3. The van der Waals surface area contributed by atoms with E-state index in [0.29, 0.717) is 5.69 Å². The minimum Gasteiger partial charge on any atom is -0.241 e. The Balaban J connectivity index is 2.58. The van der Waals surface area contributed by atoms with Crippen LogP contribution in [0.15, 0.2) is 24.5 Å². The third-order valence-corrected chi connectivity index (χ3v) is 2.11. The summed E-state index contributed by atoms with van der Waals surface area (Å²) < 4.78 is 13.4. The lowest BCUT2D eigenvalue weighted by Gasteiger charge is -2.02. The van der Waals surface area contributed by atoms with E-state index in [1.807, 2.05) is 0 Å². The fraction of sp³-hybridized carbons (Fsp3) is 0. The molecule has 0 amide bonds. The monoisotopic (exact) mass is 243 g/mol. The van der Waals surface area contributed by atoms with Gasteiger partial charge in [-0.1, -0.05) is 11.6 Å². The number of pyridine rings is 1. The van der Waals surface area contributed by atoms with E-state index in [4.69, 9.17) is 23.2 Å². The van der Waals surface area contributed by atoms with Crippen molar-refractivity contribution in [1.82, 2.24) is 15.0 Å². The summed E-state index contributed by atoms with van der Waals surface area (Å²) in [5, 5.41) is 0.251. The molecule has 0 radical (unpaired) electrons. The molecule has 0 fully saturated rings. The standard InChI is InChI=1S/C9H4Cl2FN3/c10-8-3-5(6(12)4-14-8)7-1-2-13-9(11)15-7/h1-4H. The highest BCUT2D eigenvalue weighted by Gasteiger charge is 2.08. The molecule has 2 aromatic rings. The summed E-state index contributed by atoms with van der Waals surface area (Å²) in [6, 6.07) is 2.93. The molecule has 2 rings (SSSR count). The summed E-state index contributed by atoms with van der Waals surface area (Å²) in [5.74, 6) is -0.505. The Labute approximate surface area is 94.9 Å². The first kappa shape index (κ1) is 10.3. The van der Waals surface area contributed by atoms with Gasteiger partial charge < -0.3 is 0 Å². The van der Waals surface area contributed by atoms with Gasteiger partial charge in [0.2, 0.25) is 5.28 Å². The quantitative estimate of drug-likeness (QED) is 0.571. The highest BCUT2D eigenvalue weighted by atomic mass is 35.5. The summed E-state index contributed by atoms with van der Waals surface area (Å²) >= 11 is 11.2. The van der Waals surface area contributed by atoms with Crippen molar-refractivity contribution in [3.05, 3.63) is 40.8 Å². The van der Waals surface area contributed by atoms with Gasteiger partial charge in [-0.05, 0) is 23.7 Å². The Hall–Kier alpha value is -1.26. The van der Waals surface area contributed by atoms with Gasteiger partial charge in [-0.2, -0.15) is 0 Å². The average Bonchev–Trinajstić information content (AvgIpc) is 2.22. The topological polar surface area (TPSA) is 38.7 Å². The van der Waals surface area contributed by atoms with E-state index in [1.165, 1.54) is 12.3 Å². The number of aromatic nitrogens is 3. The molecule has 0 saturated heterocycles. The normalized spacial score (nSPS) is 10.3. The van der Waals surface area contributed by atoms with Crippen LogP contribution >= 0.6 is 23.2 Å². The maximum Gasteiger partial charge on any atom is 0.222 e. The van der Waals surface area contributed by atoms with Gasteiger partial charge in [0.25, 0.3) is 0 Å². The van der Waals surface area contributed by atoms with Crippen molar-refractivity contribution in [2.24, 2.45) is 0 Å². The Morgan fingerprint density at radius 2 is 2.00 bits per heavy atom. The first-order chi connectivity index (χ1) is 7.16. The molecule has 76 valence electrons. The number of nitrogens with zero attached hydrogens (tertiary/aromatic N) is 3. The van der Waals surface area contributed by atoms with E-state index < -0.39 is 5.82 Å². The smallest absolute Gasteiger partial charge is 0.222 e. The molecule has 0 aromatic carbocycles. The van der Waals surface area contributed by atoms with E-state index in [-0.39, 0.29) is 16.0 Å². The molecule has 0 atom stereocenters. The molecule has 6 heteroatoms. The Bertz CT molecular complexity index is 504. The SMILES string of the molecule is Fc1cnc(Cl)cc1-c1ccnc(Cl)n1. The van der Waals surface area contributed by atoms with Gasteiger partial charge in [0.15, 0.2) is 5.82 Å². The van der Waals surface area contributed by atoms with Crippen molar-refractivity contribution in [3.63, 3.8) is 0 Å². The molecule has 0 aliphatic carbocycles. The minimum absolute atomic E-state index is 0.0554. The van der Waals surface area contributed by atoms with Gasteiger partial charge in [0.1, 0.15) is 5.15 Å². The van der Waals surface area contributed by atoms with Crippen LogP contribution in [0.4, 0.5) is 4.39 Å². The minimum atomic E-state index is -0.505. The lowest BCUT2D eigenvalue weighted by atomic mass is 10.2. The Kier molecular flexibility index (Phi) is 2.79. The summed E-state index contributed by atoms with van der Waals surface area (Å²) in [6.07, 6.45) is 2.48. The van der Waals surface area contributed by atoms with Crippen molar-refractivity contribution < 1.29 is 4.39 Å². The zero-order valence-corrected chi connectivity index (χ0v) is 8.80. The molecule has 0 unspecified atom stereocenters. The van der Waals surface area contributed by atoms with E-state index in [9.17, 15) is 4.39 Å². The van der Waals surface area contributed by atoms with Crippen molar-refractivity contribution in [2.45, 2.75) is 0 Å². The molecule has 2 heterocycles. The van der Waals surface area contributed by atoms with E-state index in [1.54, 1.807) is 6.07 Å². The van der Waals surface area contributed by atoms with Gasteiger partial charge in [0, 0.05) is 11.8 Å². The number of rotatable bonds is 1. The van der Waals surface area contributed by atoms with E-state index in [0.717, 1.165) is 6.20 Å². The van der Waals surface area contributed by atoms with Crippen molar-refractivity contribution in [3.8, 4) is 11.3 Å². The van der Waals surface area contributed by atoms with Crippen LogP contribution in [-0.4, -0.2) is 15.0 Å². The highest BCUT2D eigenvalue weighted by Crippen LogP contribution is 2.23. The zero-order valence-electron chi connectivity index (χ0n) is 7.28. The maximum absolute atomic E-state index is 13.4. The fourth-order valence-corrected chi connectivity index (χ4v) is 1.40.